The Kier molecular flexibility index (Phi) is 5.82. The van der Waals surface area contributed by atoms with Crippen LogP contribution in [0.15, 0.2) is 46.9 Å². The molecule has 2 rings (SSSR count). The van der Waals surface area contributed by atoms with E-state index in [9.17, 15) is 4.79 Å². The van der Waals surface area contributed by atoms with E-state index in [1.54, 1.807) is 26.4 Å². The van der Waals surface area contributed by atoms with E-state index in [0.29, 0.717) is 11.5 Å². The number of carbonyl (C=O) groups excluding carboxylic acids is 1. The Morgan fingerprint density at radius 1 is 1.17 bits per heavy atom. The Bertz CT molecular complexity index is 741. The van der Waals surface area contributed by atoms with E-state index in [0.717, 1.165) is 21.3 Å². The zero-order valence-corrected chi connectivity index (χ0v) is 14.8. The SMILES string of the molecule is COc1cccc(/C=C/C(=O)Nc2ccc(Br)cc2C)c1OC. The van der Waals surface area contributed by atoms with E-state index in [1.807, 2.05) is 37.3 Å². The van der Waals surface area contributed by atoms with E-state index in [4.69, 9.17) is 9.47 Å². The highest BCUT2D eigenvalue weighted by atomic mass is 79.9. The number of ether oxygens (including phenoxy) is 2. The molecule has 0 spiro atoms. The van der Waals surface area contributed by atoms with Gasteiger partial charge in [0.05, 0.1) is 14.2 Å². The molecule has 120 valence electrons. The molecule has 0 aromatic heterocycles. The summed E-state index contributed by atoms with van der Waals surface area (Å²) in [7, 11) is 3.15. The average Bonchev–Trinajstić information content (AvgIpc) is 2.55. The molecule has 5 heteroatoms. The fourth-order valence-corrected chi connectivity index (χ4v) is 2.63. The van der Waals surface area contributed by atoms with Gasteiger partial charge in [-0.15, -0.1) is 0 Å². The fraction of sp³-hybridized carbons (Fsp3) is 0.167. The molecular weight excluding hydrogens is 358 g/mol. The van der Waals surface area contributed by atoms with Gasteiger partial charge < -0.3 is 14.8 Å². The number of para-hydroxylation sites is 1. The van der Waals surface area contributed by atoms with E-state index in [-0.39, 0.29) is 5.91 Å². The van der Waals surface area contributed by atoms with E-state index < -0.39 is 0 Å². The summed E-state index contributed by atoms with van der Waals surface area (Å²) < 4.78 is 11.6. The molecule has 23 heavy (non-hydrogen) atoms. The maximum atomic E-state index is 12.1. The molecule has 0 bridgehead atoms. The van der Waals surface area contributed by atoms with Crippen molar-refractivity contribution >= 4 is 33.6 Å². The van der Waals surface area contributed by atoms with Gasteiger partial charge in [0, 0.05) is 21.8 Å². The van der Waals surface area contributed by atoms with Crippen molar-refractivity contribution in [3.63, 3.8) is 0 Å². The summed E-state index contributed by atoms with van der Waals surface area (Å²) in [4.78, 5) is 12.1. The summed E-state index contributed by atoms with van der Waals surface area (Å²) >= 11 is 3.40. The summed E-state index contributed by atoms with van der Waals surface area (Å²) in [6.07, 6.45) is 3.17. The number of carbonyl (C=O) groups is 1. The van der Waals surface area contributed by atoms with Crippen molar-refractivity contribution in [2.24, 2.45) is 0 Å². The summed E-state index contributed by atoms with van der Waals surface area (Å²) in [5.41, 5.74) is 2.54. The lowest BCUT2D eigenvalue weighted by molar-refractivity contribution is -0.111. The predicted octanol–water partition coefficient (Wildman–Crippen LogP) is 4.43. The Morgan fingerprint density at radius 2 is 1.96 bits per heavy atom. The Balaban J connectivity index is 2.15. The van der Waals surface area contributed by atoms with Gasteiger partial charge in [-0.25, -0.2) is 0 Å². The monoisotopic (exact) mass is 375 g/mol. The lowest BCUT2D eigenvalue weighted by Crippen LogP contribution is -2.08. The third-order valence-corrected chi connectivity index (χ3v) is 3.79. The van der Waals surface area contributed by atoms with Gasteiger partial charge in [-0.3, -0.25) is 4.79 Å². The smallest absolute Gasteiger partial charge is 0.248 e. The average molecular weight is 376 g/mol. The molecule has 4 nitrogen and oxygen atoms in total. The minimum absolute atomic E-state index is 0.208. The number of amides is 1. The molecule has 1 N–H and O–H groups in total. The van der Waals surface area contributed by atoms with Crippen molar-refractivity contribution in [3.8, 4) is 11.5 Å². The van der Waals surface area contributed by atoms with E-state index >= 15 is 0 Å². The number of methoxy groups -OCH3 is 2. The summed E-state index contributed by atoms with van der Waals surface area (Å²) in [6.45, 7) is 1.94. The van der Waals surface area contributed by atoms with Crippen LogP contribution in [0.4, 0.5) is 5.69 Å². The molecule has 0 aliphatic heterocycles. The van der Waals surface area contributed by atoms with E-state index in [1.165, 1.54) is 6.08 Å². The highest BCUT2D eigenvalue weighted by Gasteiger charge is 2.07. The molecule has 2 aromatic carbocycles. The number of nitrogens with one attached hydrogen (secondary N) is 1. The molecule has 1 amide bonds. The van der Waals surface area contributed by atoms with Crippen LogP contribution < -0.4 is 14.8 Å². The van der Waals surface area contributed by atoms with Crippen molar-refractivity contribution in [1.82, 2.24) is 0 Å². The first kappa shape index (κ1) is 17.1. The third-order valence-electron chi connectivity index (χ3n) is 3.29. The second-order valence-electron chi connectivity index (χ2n) is 4.86. The molecule has 0 unspecified atom stereocenters. The standard InChI is InChI=1S/C18H18BrNO3/c1-12-11-14(19)8-9-15(12)20-17(21)10-7-13-5-4-6-16(22-2)18(13)23-3/h4-11H,1-3H3,(H,20,21)/b10-7+. The molecule has 0 saturated carbocycles. The first-order valence-electron chi connectivity index (χ1n) is 7.01. The van der Waals surface area contributed by atoms with Crippen molar-refractivity contribution in [2.45, 2.75) is 6.92 Å². The summed E-state index contributed by atoms with van der Waals surface area (Å²) in [6, 6.07) is 11.2. The first-order valence-corrected chi connectivity index (χ1v) is 7.80. The third kappa shape index (κ3) is 4.36. The lowest BCUT2D eigenvalue weighted by Gasteiger charge is -2.10. The molecule has 0 radical (unpaired) electrons. The summed E-state index contributed by atoms with van der Waals surface area (Å²) in [5.74, 6) is 1.01. The molecule has 0 atom stereocenters. The Hall–Kier alpha value is -2.27. The number of halogens is 1. The topological polar surface area (TPSA) is 47.6 Å². The van der Waals surface area contributed by atoms with Gasteiger partial charge in [0.25, 0.3) is 0 Å². The minimum atomic E-state index is -0.208. The maximum absolute atomic E-state index is 12.1. The number of hydrogen-bond donors (Lipinski definition) is 1. The largest absolute Gasteiger partial charge is 0.493 e. The Labute approximate surface area is 144 Å². The Morgan fingerprint density at radius 3 is 2.61 bits per heavy atom. The van der Waals surface area contributed by atoms with Crippen LogP contribution in [0.1, 0.15) is 11.1 Å². The van der Waals surface area contributed by atoms with Gasteiger partial charge in [-0.2, -0.15) is 0 Å². The molecular formula is C18H18BrNO3. The maximum Gasteiger partial charge on any atom is 0.248 e. The molecule has 0 saturated heterocycles. The van der Waals surface area contributed by atoms with Crippen molar-refractivity contribution in [1.29, 1.82) is 0 Å². The van der Waals surface area contributed by atoms with Crippen LogP contribution in [-0.2, 0) is 4.79 Å². The number of aryl methyl sites for hydroxylation is 1. The van der Waals surface area contributed by atoms with Crippen molar-refractivity contribution < 1.29 is 14.3 Å². The first-order chi connectivity index (χ1) is 11.0. The molecule has 2 aromatic rings. The quantitative estimate of drug-likeness (QED) is 0.786. The van der Waals surface area contributed by atoms with Crippen LogP contribution >= 0.6 is 15.9 Å². The predicted molar refractivity (Wildman–Crippen MR) is 96.1 cm³/mol. The number of benzene rings is 2. The van der Waals surface area contributed by atoms with Crippen molar-refractivity contribution in [3.05, 3.63) is 58.1 Å². The van der Waals surface area contributed by atoms with Gasteiger partial charge in [0.15, 0.2) is 11.5 Å². The minimum Gasteiger partial charge on any atom is -0.493 e. The lowest BCUT2D eigenvalue weighted by atomic mass is 10.1. The van der Waals surface area contributed by atoms with Crippen LogP contribution in [0.3, 0.4) is 0 Å². The zero-order valence-electron chi connectivity index (χ0n) is 13.2. The van der Waals surface area contributed by atoms with Gasteiger partial charge in [0.2, 0.25) is 5.91 Å². The van der Waals surface area contributed by atoms with Crippen LogP contribution in [-0.4, -0.2) is 20.1 Å². The molecule has 0 fully saturated rings. The second kappa shape index (κ2) is 7.83. The fourth-order valence-electron chi connectivity index (χ4n) is 2.15. The van der Waals surface area contributed by atoms with Gasteiger partial charge in [-0.05, 0) is 42.8 Å². The second-order valence-corrected chi connectivity index (χ2v) is 5.78. The number of rotatable bonds is 5. The van der Waals surface area contributed by atoms with Crippen LogP contribution in [0.2, 0.25) is 0 Å². The number of hydrogen-bond acceptors (Lipinski definition) is 3. The zero-order chi connectivity index (χ0) is 16.8. The van der Waals surface area contributed by atoms with Gasteiger partial charge in [-0.1, -0.05) is 28.1 Å². The van der Waals surface area contributed by atoms with Crippen LogP contribution in [0, 0.1) is 6.92 Å². The van der Waals surface area contributed by atoms with Gasteiger partial charge in [0.1, 0.15) is 0 Å². The molecule has 0 aliphatic carbocycles. The van der Waals surface area contributed by atoms with Crippen LogP contribution in [0.5, 0.6) is 11.5 Å². The number of anilines is 1. The normalized spacial score (nSPS) is 10.6. The molecule has 0 aliphatic rings. The van der Waals surface area contributed by atoms with Crippen molar-refractivity contribution in [2.75, 3.05) is 19.5 Å². The highest BCUT2D eigenvalue weighted by Crippen LogP contribution is 2.31. The van der Waals surface area contributed by atoms with Gasteiger partial charge >= 0.3 is 0 Å². The highest BCUT2D eigenvalue weighted by molar-refractivity contribution is 9.10. The van der Waals surface area contributed by atoms with Crippen LogP contribution in [0.25, 0.3) is 6.08 Å². The van der Waals surface area contributed by atoms with E-state index in [2.05, 4.69) is 21.2 Å². The summed E-state index contributed by atoms with van der Waals surface area (Å²) in [5, 5.41) is 2.86. The molecule has 0 heterocycles.